The standard InChI is InChI=1S/C12H24N2O2.2ClH/c1-4-16-11(15)12(7-5-6-8-12)13-9-10-14(2)3;;/h13H,4-10H2,1-3H3;2*1H. The van der Waals surface area contributed by atoms with Gasteiger partial charge in [-0.25, -0.2) is 0 Å². The Kier molecular flexibility index (Phi) is 11.1. The van der Waals surface area contributed by atoms with Crippen LogP contribution in [0.25, 0.3) is 0 Å². The van der Waals surface area contributed by atoms with Crippen LogP contribution >= 0.6 is 24.8 Å². The number of hydrogen-bond donors (Lipinski definition) is 1. The summed E-state index contributed by atoms with van der Waals surface area (Å²) < 4.78 is 5.17. The van der Waals surface area contributed by atoms with Gasteiger partial charge in [-0.3, -0.25) is 4.79 Å². The molecule has 1 rings (SSSR count). The maximum atomic E-state index is 11.9. The molecule has 0 aliphatic heterocycles. The molecule has 1 aliphatic carbocycles. The molecule has 1 N–H and O–H groups in total. The minimum atomic E-state index is -0.397. The van der Waals surface area contributed by atoms with Crippen LogP contribution in [0.1, 0.15) is 32.6 Å². The molecule has 0 unspecified atom stereocenters. The van der Waals surface area contributed by atoms with Crippen molar-refractivity contribution in [3.8, 4) is 0 Å². The van der Waals surface area contributed by atoms with E-state index in [0.29, 0.717) is 6.61 Å². The normalized spacial score (nSPS) is 16.9. The van der Waals surface area contributed by atoms with Gasteiger partial charge in [0.1, 0.15) is 5.54 Å². The van der Waals surface area contributed by atoms with Gasteiger partial charge < -0.3 is 15.0 Å². The molecule has 1 aliphatic rings. The van der Waals surface area contributed by atoms with Crippen LogP contribution in [0.4, 0.5) is 0 Å². The van der Waals surface area contributed by atoms with Crippen LogP contribution in [0.3, 0.4) is 0 Å². The number of likely N-dealkylation sites (N-methyl/N-ethyl adjacent to an activating group) is 1. The lowest BCUT2D eigenvalue weighted by atomic mass is 9.98. The topological polar surface area (TPSA) is 41.6 Å². The van der Waals surface area contributed by atoms with Gasteiger partial charge in [-0.2, -0.15) is 0 Å². The van der Waals surface area contributed by atoms with Crippen molar-refractivity contribution in [2.24, 2.45) is 0 Å². The second-order valence-electron chi connectivity index (χ2n) is 4.74. The van der Waals surface area contributed by atoms with Gasteiger partial charge in [0.25, 0.3) is 0 Å². The van der Waals surface area contributed by atoms with E-state index >= 15 is 0 Å². The van der Waals surface area contributed by atoms with E-state index in [1.807, 2.05) is 21.0 Å². The molecule has 0 radical (unpaired) electrons. The summed E-state index contributed by atoms with van der Waals surface area (Å²) in [5, 5.41) is 3.39. The summed E-state index contributed by atoms with van der Waals surface area (Å²) in [6.45, 7) is 4.11. The molecule has 0 heterocycles. The molecule has 18 heavy (non-hydrogen) atoms. The predicted molar refractivity (Wildman–Crippen MR) is 78.9 cm³/mol. The first kappa shape index (κ1) is 20.3. The third-order valence-corrected chi connectivity index (χ3v) is 3.15. The lowest BCUT2D eigenvalue weighted by molar-refractivity contribution is -0.151. The molecule has 0 atom stereocenters. The van der Waals surface area contributed by atoms with Crippen molar-refractivity contribution in [3.05, 3.63) is 0 Å². The van der Waals surface area contributed by atoms with Crippen LogP contribution in [0.2, 0.25) is 0 Å². The lowest BCUT2D eigenvalue weighted by Gasteiger charge is -2.28. The first-order valence-corrected chi connectivity index (χ1v) is 6.18. The van der Waals surface area contributed by atoms with Crippen molar-refractivity contribution in [1.29, 1.82) is 0 Å². The molecular formula is C12H26Cl2N2O2. The summed E-state index contributed by atoms with van der Waals surface area (Å²) in [7, 11) is 4.07. The van der Waals surface area contributed by atoms with E-state index in [9.17, 15) is 4.79 Å². The maximum Gasteiger partial charge on any atom is 0.326 e. The average Bonchev–Trinajstić information content (AvgIpc) is 2.67. The van der Waals surface area contributed by atoms with Crippen LogP contribution in [-0.2, 0) is 9.53 Å². The van der Waals surface area contributed by atoms with Crippen LogP contribution < -0.4 is 5.32 Å². The summed E-state index contributed by atoms with van der Waals surface area (Å²) in [5.41, 5.74) is -0.397. The highest BCUT2D eigenvalue weighted by Crippen LogP contribution is 2.30. The smallest absolute Gasteiger partial charge is 0.326 e. The second-order valence-corrected chi connectivity index (χ2v) is 4.74. The molecule has 6 heteroatoms. The van der Waals surface area contributed by atoms with E-state index < -0.39 is 5.54 Å². The van der Waals surface area contributed by atoms with Gasteiger partial charge in [0.15, 0.2) is 0 Å². The van der Waals surface area contributed by atoms with Crippen molar-refractivity contribution < 1.29 is 9.53 Å². The maximum absolute atomic E-state index is 11.9. The minimum Gasteiger partial charge on any atom is -0.465 e. The number of esters is 1. The minimum absolute atomic E-state index is 0. The molecule has 110 valence electrons. The number of nitrogens with one attached hydrogen (secondary N) is 1. The lowest BCUT2D eigenvalue weighted by Crippen LogP contribution is -2.52. The van der Waals surface area contributed by atoms with Gasteiger partial charge in [0.2, 0.25) is 0 Å². The Morgan fingerprint density at radius 1 is 1.28 bits per heavy atom. The zero-order chi connectivity index (χ0) is 12.0. The Morgan fingerprint density at radius 3 is 2.28 bits per heavy atom. The highest BCUT2D eigenvalue weighted by Gasteiger charge is 2.41. The number of carbonyl (C=O) groups excluding carboxylic acids is 1. The Balaban J connectivity index is 0. The van der Waals surface area contributed by atoms with Gasteiger partial charge in [-0.1, -0.05) is 12.8 Å². The zero-order valence-electron chi connectivity index (χ0n) is 11.5. The number of ether oxygens (including phenoxy) is 1. The first-order chi connectivity index (χ1) is 7.60. The summed E-state index contributed by atoms with van der Waals surface area (Å²) >= 11 is 0. The van der Waals surface area contributed by atoms with E-state index in [1.165, 1.54) is 0 Å². The number of rotatable bonds is 6. The molecule has 0 aromatic carbocycles. The summed E-state index contributed by atoms with van der Waals surface area (Å²) in [6.07, 6.45) is 4.07. The number of hydrogen-bond acceptors (Lipinski definition) is 4. The fraction of sp³-hybridized carbons (Fsp3) is 0.917. The Bertz CT molecular complexity index is 232. The van der Waals surface area contributed by atoms with E-state index in [2.05, 4.69) is 10.2 Å². The van der Waals surface area contributed by atoms with Crippen LogP contribution in [0, 0.1) is 0 Å². The fourth-order valence-electron chi connectivity index (χ4n) is 2.22. The summed E-state index contributed by atoms with van der Waals surface area (Å²) in [5.74, 6) is -0.0637. The highest BCUT2D eigenvalue weighted by atomic mass is 35.5. The third-order valence-electron chi connectivity index (χ3n) is 3.15. The molecule has 0 spiro atoms. The zero-order valence-corrected chi connectivity index (χ0v) is 13.2. The molecule has 0 aromatic rings. The van der Waals surface area contributed by atoms with Gasteiger partial charge in [-0.15, -0.1) is 24.8 Å². The molecule has 0 saturated heterocycles. The van der Waals surface area contributed by atoms with Crippen LogP contribution in [0.15, 0.2) is 0 Å². The molecule has 0 aromatic heterocycles. The Morgan fingerprint density at radius 2 is 1.83 bits per heavy atom. The fourth-order valence-corrected chi connectivity index (χ4v) is 2.22. The van der Waals surface area contributed by atoms with Gasteiger partial charge in [0, 0.05) is 13.1 Å². The van der Waals surface area contributed by atoms with Crippen molar-refractivity contribution in [3.63, 3.8) is 0 Å². The van der Waals surface area contributed by atoms with E-state index in [1.54, 1.807) is 0 Å². The Hall–Kier alpha value is -0.0300. The SMILES string of the molecule is CCOC(=O)C1(NCCN(C)C)CCCC1.Cl.Cl. The van der Waals surface area contributed by atoms with Crippen molar-refractivity contribution in [2.75, 3.05) is 33.8 Å². The molecule has 4 nitrogen and oxygen atoms in total. The van der Waals surface area contributed by atoms with Crippen LogP contribution in [0.5, 0.6) is 0 Å². The molecule has 1 fully saturated rings. The van der Waals surface area contributed by atoms with E-state index in [4.69, 9.17) is 4.74 Å². The predicted octanol–water partition coefficient (Wildman–Crippen LogP) is 1.86. The van der Waals surface area contributed by atoms with Gasteiger partial charge >= 0.3 is 5.97 Å². The molecule has 0 bridgehead atoms. The third kappa shape index (κ3) is 5.74. The quantitative estimate of drug-likeness (QED) is 0.760. The van der Waals surface area contributed by atoms with Crippen molar-refractivity contribution in [2.45, 2.75) is 38.1 Å². The second kappa shape index (κ2) is 9.84. The van der Waals surface area contributed by atoms with Crippen LogP contribution in [-0.4, -0.2) is 50.2 Å². The van der Waals surface area contributed by atoms with Gasteiger partial charge in [0.05, 0.1) is 6.61 Å². The van der Waals surface area contributed by atoms with Crippen molar-refractivity contribution >= 4 is 30.8 Å². The molecule has 0 amide bonds. The Labute approximate surface area is 123 Å². The molecular weight excluding hydrogens is 275 g/mol. The van der Waals surface area contributed by atoms with Crippen molar-refractivity contribution in [1.82, 2.24) is 10.2 Å². The number of halogens is 2. The van der Waals surface area contributed by atoms with E-state index in [-0.39, 0.29) is 30.8 Å². The van der Waals surface area contributed by atoms with Gasteiger partial charge in [-0.05, 0) is 33.9 Å². The molecule has 1 saturated carbocycles. The van der Waals surface area contributed by atoms with E-state index in [0.717, 1.165) is 38.8 Å². The largest absolute Gasteiger partial charge is 0.465 e. The summed E-state index contributed by atoms with van der Waals surface area (Å²) in [4.78, 5) is 14.1. The number of nitrogens with zero attached hydrogens (tertiary/aromatic N) is 1. The highest BCUT2D eigenvalue weighted by molar-refractivity contribution is 5.85. The first-order valence-electron chi connectivity index (χ1n) is 6.18. The average molecular weight is 301 g/mol. The number of carbonyl (C=O) groups is 1. The monoisotopic (exact) mass is 300 g/mol. The summed E-state index contributed by atoms with van der Waals surface area (Å²) in [6, 6.07) is 0.